The molecule has 7 heteroatoms. The molecule has 1 unspecified atom stereocenters. The van der Waals surface area contributed by atoms with E-state index < -0.39 is 5.97 Å². The van der Waals surface area contributed by atoms with Crippen molar-refractivity contribution < 1.29 is 19.4 Å². The highest BCUT2D eigenvalue weighted by Gasteiger charge is 2.45. The zero-order chi connectivity index (χ0) is 14.1. The molecular formula is C13H12N2O4S. The van der Waals surface area contributed by atoms with Crippen LogP contribution in [0.3, 0.4) is 0 Å². The lowest BCUT2D eigenvalue weighted by Gasteiger charge is -2.44. The summed E-state index contributed by atoms with van der Waals surface area (Å²) in [5.74, 6) is -0.567. The Kier molecular flexibility index (Phi) is 3.35. The summed E-state index contributed by atoms with van der Waals surface area (Å²) >= 11 is 1.55. The second-order valence-electron chi connectivity index (χ2n) is 4.45. The molecule has 104 valence electrons. The molecule has 0 saturated carbocycles. The van der Waals surface area contributed by atoms with Crippen molar-refractivity contribution in [3.63, 3.8) is 0 Å². The number of hydrogen-bond acceptors (Lipinski definition) is 5. The van der Waals surface area contributed by atoms with Crippen LogP contribution in [0, 0.1) is 0 Å². The molecule has 1 aromatic rings. The van der Waals surface area contributed by atoms with Crippen LogP contribution >= 0.6 is 11.8 Å². The molecule has 2 atom stereocenters. The number of nitrogens with zero attached hydrogens (tertiary/aromatic N) is 2. The van der Waals surface area contributed by atoms with Gasteiger partial charge >= 0.3 is 5.97 Å². The first kappa shape index (κ1) is 13.0. The van der Waals surface area contributed by atoms with Gasteiger partial charge in [-0.2, -0.15) is 0 Å². The highest BCUT2D eigenvalue weighted by molar-refractivity contribution is 8.00. The molecule has 2 aliphatic heterocycles. The van der Waals surface area contributed by atoms with E-state index in [1.165, 1.54) is 4.90 Å². The average Bonchev–Trinajstić information content (AvgIpc) is 2.44. The Morgan fingerprint density at radius 1 is 1.60 bits per heavy atom. The summed E-state index contributed by atoms with van der Waals surface area (Å²) in [5, 5.41) is 8.99. The number of fused-ring (bicyclic) bond motifs is 1. The number of rotatable bonds is 4. The van der Waals surface area contributed by atoms with Gasteiger partial charge in [0.05, 0.1) is 23.2 Å². The van der Waals surface area contributed by atoms with Crippen LogP contribution in [0.5, 0.6) is 5.75 Å². The SMILES string of the molecule is O=C(O)C1=CC(COc2cccnc2)S[C@@H]2CC(=O)N12. The number of carboxylic acids is 1. The molecule has 2 aliphatic rings. The molecule has 1 amide bonds. The van der Waals surface area contributed by atoms with Crippen LogP contribution in [0.25, 0.3) is 0 Å². The Hall–Kier alpha value is -2.02. The van der Waals surface area contributed by atoms with Gasteiger partial charge in [0.15, 0.2) is 0 Å². The van der Waals surface area contributed by atoms with Crippen molar-refractivity contribution in [3.05, 3.63) is 36.3 Å². The molecule has 3 heterocycles. The molecule has 1 aromatic heterocycles. The maximum atomic E-state index is 11.4. The normalized spacial score (nSPS) is 24.5. The van der Waals surface area contributed by atoms with Gasteiger partial charge in [-0.15, -0.1) is 11.8 Å². The van der Waals surface area contributed by atoms with Crippen molar-refractivity contribution in [1.82, 2.24) is 9.88 Å². The largest absolute Gasteiger partial charge is 0.490 e. The van der Waals surface area contributed by atoms with Gasteiger partial charge in [-0.25, -0.2) is 4.79 Å². The maximum absolute atomic E-state index is 11.4. The predicted molar refractivity (Wildman–Crippen MR) is 72.1 cm³/mol. The lowest BCUT2D eigenvalue weighted by atomic mass is 10.1. The van der Waals surface area contributed by atoms with Crippen molar-refractivity contribution in [1.29, 1.82) is 0 Å². The van der Waals surface area contributed by atoms with Gasteiger partial charge in [-0.05, 0) is 18.2 Å². The fraction of sp³-hybridized carbons (Fsp3) is 0.308. The van der Waals surface area contributed by atoms with E-state index >= 15 is 0 Å². The van der Waals surface area contributed by atoms with Gasteiger partial charge in [-0.3, -0.25) is 14.7 Å². The summed E-state index contributed by atoms with van der Waals surface area (Å²) in [6.07, 6.45) is 5.23. The van der Waals surface area contributed by atoms with Crippen LogP contribution < -0.4 is 4.74 Å². The smallest absolute Gasteiger partial charge is 0.352 e. The molecular weight excluding hydrogens is 280 g/mol. The van der Waals surface area contributed by atoms with Gasteiger partial charge in [0.2, 0.25) is 5.91 Å². The molecule has 0 spiro atoms. The van der Waals surface area contributed by atoms with Crippen LogP contribution in [0.15, 0.2) is 36.3 Å². The Balaban J connectivity index is 1.70. The minimum absolute atomic E-state index is 0.0600. The van der Waals surface area contributed by atoms with Crippen LogP contribution in [0.1, 0.15) is 6.42 Å². The van der Waals surface area contributed by atoms with Crippen LogP contribution in [0.2, 0.25) is 0 Å². The summed E-state index contributed by atoms with van der Waals surface area (Å²) in [4.78, 5) is 27.9. The first-order chi connectivity index (χ1) is 9.65. The molecule has 1 fully saturated rings. The number of carbonyl (C=O) groups excluding carboxylic acids is 1. The topological polar surface area (TPSA) is 79.7 Å². The van der Waals surface area contributed by atoms with E-state index in [4.69, 9.17) is 9.84 Å². The highest BCUT2D eigenvalue weighted by atomic mass is 32.2. The van der Waals surface area contributed by atoms with E-state index in [9.17, 15) is 9.59 Å². The number of aromatic nitrogens is 1. The van der Waals surface area contributed by atoms with Crippen LogP contribution in [-0.2, 0) is 9.59 Å². The van der Waals surface area contributed by atoms with Gasteiger partial charge in [0, 0.05) is 6.20 Å². The minimum atomic E-state index is -1.07. The zero-order valence-corrected chi connectivity index (χ0v) is 11.2. The number of amides is 1. The molecule has 0 radical (unpaired) electrons. The van der Waals surface area contributed by atoms with E-state index in [-0.39, 0.29) is 22.2 Å². The number of carbonyl (C=O) groups is 2. The quantitative estimate of drug-likeness (QED) is 0.837. The average molecular weight is 292 g/mol. The highest BCUT2D eigenvalue weighted by Crippen LogP contribution is 2.40. The van der Waals surface area contributed by atoms with Crippen LogP contribution in [0.4, 0.5) is 0 Å². The zero-order valence-electron chi connectivity index (χ0n) is 10.4. The number of hydrogen-bond donors (Lipinski definition) is 1. The number of carboxylic acid groups (broad SMARTS) is 1. The van der Waals surface area contributed by atoms with E-state index in [0.29, 0.717) is 18.8 Å². The molecule has 6 nitrogen and oxygen atoms in total. The third kappa shape index (κ3) is 2.36. The number of ether oxygens (including phenoxy) is 1. The summed E-state index contributed by atoms with van der Waals surface area (Å²) in [6, 6.07) is 3.57. The van der Waals surface area contributed by atoms with Crippen molar-refractivity contribution in [2.75, 3.05) is 6.61 Å². The lowest BCUT2D eigenvalue weighted by molar-refractivity contribution is -0.146. The van der Waals surface area contributed by atoms with Crippen molar-refractivity contribution in [2.24, 2.45) is 0 Å². The standard InChI is InChI=1S/C13H12N2O4S/c16-11-5-12-15(11)10(13(17)18)4-9(20-12)7-19-8-2-1-3-14-6-8/h1-4,6,9,12H,5,7H2,(H,17,18)/t9?,12-/m1/s1. The predicted octanol–water partition coefficient (Wildman–Crippen LogP) is 1.10. The Labute approximate surface area is 119 Å². The molecule has 3 rings (SSSR count). The van der Waals surface area contributed by atoms with Gasteiger partial charge in [0.1, 0.15) is 18.1 Å². The van der Waals surface area contributed by atoms with Gasteiger partial charge in [0.25, 0.3) is 0 Å². The summed E-state index contributed by atoms with van der Waals surface area (Å²) in [7, 11) is 0. The molecule has 0 bridgehead atoms. The lowest BCUT2D eigenvalue weighted by Crippen LogP contribution is -2.54. The van der Waals surface area contributed by atoms with Gasteiger partial charge < -0.3 is 9.84 Å². The third-order valence-corrected chi connectivity index (χ3v) is 4.42. The molecule has 1 N–H and O–H groups in total. The van der Waals surface area contributed by atoms with Gasteiger partial charge in [-0.1, -0.05) is 0 Å². The second-order valence-corrected chi connectivity index (χ2v) is 5.88. The van der Waals surface area contributed by atoms with E-state index in [0.717, 1.165) is 0 Å². The first-order valence-corrected chi connectivity index (χ1v) is 7.05. The first-order valence-electron chi connectivity index (χ1n) is 6.10. The Bertz CT molecular complexity index is 575. The number of aliphatic carboxylic acids is 1. The van der Waals surface area contributed by atoms with Crippen molar-refractivity contribution in [3.8, 4) is 5.75 Å². The third-order valence-electron chi connectivity index (χ3n) is 3.11. The summed E-state index contributed by atoms with van der Waals surface area (Å²) in [5.41, 5.74) is 0.0600. The monoisotopic (exact) mass is 292 g/mol. The number of thioether (sulfide) groups is 1. The molecule has 20 heavy (non-hydrogen) atoms. The number of β-lactam (4-membered cyclic amide) rings is 1. The van der Waals surface area contributed by atoms with Crippen molar-refractivity contribution >= 4 is 23.6 Å². The minimum Gasteiger partial charge on any atom is -0.490 e. The van der Waals surface area contributed by atoms with E-state index in [1.54, 1.807) is 42.4 Å². The summed E-state index contributed by atoms with van der Waals surface area (Å²) < 4.78 is 5.58. The number of pyridine rings is 1. The molecule has 0 aromatic carbocycles. The molecule has 0 aliphatic carbocycles. The van der Waals surface area contributed by atoms with Crippen molar-refractivity contribution in [2.45, 2.75) is 17.0 Å². The fourth-order valence-electron chi connectivity index (χ4n) is 2.16. The molecule has 1 saturated heterocycles. The Morgan fingerprint density at radius 3 is 3.10 bits per heavy atom. The fourth-order valence-corrected chi connectivity index (χ4v) is 3.50. The van der Waals surface area contributed by atoms with Crippen LogP contribution in [-0.4, -0.2) is 44.1 Å². The second kappa shape index (κ2) is 5.16. The maximum Gasteiger partial charge on any atom is 0.352 e. The van der Waals surface area contributed by atoms with E-state index in [1.807, 2.05) is 0 Å². The summed E-state index contributed by atoms with van der Waals surface area (Å²) in [6.45, 7) is 0.353. The Morgan fingerprint density at radius 2 is 2.45 bits per heavy atom. The van der Waals surface area contributed by atoms with E-state index in [2.05, 4.69) is 4.98 Å².